The van der Waals surface area contributed by atoms with E-state index in [9.17, 15) is 14.0 Å². The lowest BCUT2D eigenvalue weighted by molar-refractivity contribution is -0.115. The molecular formula is C16H13BrFN3O2. The van der Waals surface area contributed by atoms with E-state index in [-0.39, 0.29) is 17.2 Å². The monoisotopic (exact) mass is 377 g/mol. The minimum Gasteiger partial charge on any atom is -0.343 e. The van der Waals surface area contributed by atoms with Gasteiger partial charge in [-0.1, -0.05) is 6.07 Å². The molecule has 0 saturated heterocycles. The number of fused-ring (bicyclic) bond motifs is 1. The number of aryl methyl sites for hydroxylation is 1. The van der Waals surface area contributed by atoms with E-state index in [1.807, 2.05) is 0 Å². The Bertz CT molecular complexity index is 941. The second kappa shape index (κ2) is 4.92. The van der Waals surface area contributed by atoms with Crippen molar-refractivity contribution >= 4 is 27.5 Å². The molecule has 0 saturated carbocycles. The Kier molecular flexibility index (Phi) is 3.09. The molecule has 1 aliphatic heterocycles. The number of aromatic amines is 1. The Hall–Kier alpha value is -2.15. The molecule has 1 aromatic heterocycles. The highest BCUT2D eigenvalue weighted by atomic mass is 79.9. The minimum atomic E-state index is -0.474. The molecule has 23 heavy (non-hydrogen) atoms. The number of hydrogen-bond acceptors (Lipinski definition) is 3. The highest BCUT2D eigenvalue weighted by Crippen LogP contribution is 2.44. The third-order valence-electron chi connectivity index (χ3n) is 4.44. The Labute approximate surface area is 139 Å². The molecule has 1 unspecified atom stereocenters. The second-order valence-electron chi connectivity index (χ2n) is 5.81. The van der Waals surface area contributed by atoms with Crippen LogP contribution in [0.2, 0.25) is 0 Å². The molecule has 1 atom stereocenters. The molecule has 1 aromatic carbocycles. The lowest BCUT2D eigenvalue weighted by Gasteiger charge is -2.25. The first-order valence-electron chi connectivity index (χ1n) is 7.24. The van der Waals surface area contributed by atoms with E-state index in [0.29, 0.717) is 34.3 Å². The molecule has 2 heterocycles. The largest absolute Gasteiger partial charge is 0.343 e. The highest BCUT2D eigenvalue weighted by molar-refractivity contribution is 9.10. The molecule has 2 N–H and O–H groups in total. The van der Waals surface area contributed by atoms with Crippen molar-refractivity contribution in [1.29, 1.82) is 0 Å². The molecule has 0 radical (unpaired) electrons. The van der Waals surface area contributed by atoms with Gasteiger partial charge in [0.1, 0.15) is 11.6 Å². The van der Waals surface area contributed by atoms with Crippen molar-refractivity contribution in [2.75, 3.05) is 5.32 Å². The highest BCUT2D eigenvalue weighted by Gasteiger charge is 2.39. The summed E-state index contributed by atoms with van der Waals surface area (Å²) in [5.74, 6) is -0.210. The average molecular weight is 378 g/mol. The first kappa shape index (κ1) is 14.4. The molecule has 0 fully saturated rings. The lowest BCUT2D eigenvalue weighted by atomic mass is 9.82. The van der Waals surface area contributed by atoms with Gasteiger partial charge in [-0.2, -0.15) is 0 Å². The summed E-state index contributed by atoms with van der Waals surface area (Å²) in [6, 6.07) is 4.61. The maximum absolute atomic E-state index is 13.6. The van der Waals surface area contributed by atoms with Gasteiger partial charge in [-0.15, -0.1) is 0 Å². The van der Waals surface area contributed by atoms with Crippen molar-refractivity contribution in [2.24, 2.45) is 7.05 Å². The zero-order valence-corrected chi connectivity index (χ0v) is 13.8. The third kappa shape index (κ3) is 2.03. The quantitative estimate of drug-likeness (QED) is 0.802. The molecular weight excluding hydrogens is 365 g/mol. The van der Waals surface area contributed by atoms with Crippen LogP contribution in [0.4, 0.5) is 10.2 Å². The summed E-state index contributed by atoms with van der Waals surface area (Å²) in [5, 5.41) is 6.15. The molecule has 5 nitrogen and oxygen atoms in total. The molecule has 0 amide bonds. The number of Topliss-reactive ketones (excluding diaryl/α,β-unsaturated/α-hetero) is 1. The molecule has 118 valence electrons. The van der Waals surface area contributed by atoms with Gasteiger partial charge in [-0.05, 0) is 40.0 Å². The number of ketones is 1. The summed E-state index contributed by atoms with van der Waals surface area (Å²) >= 11 is 3.18. The van der Waals surface area contributed by atoms with Gasteiger partial charge in [-0.25, -0.2) is 4.39 Å². The van der Waals surface area contributed by atoms with Crippen LogP contribution in [0.15, 0.2) is 38.7 Å². The number of H-pyrrole nitrogens is 1. The van der Waals surface area contributed by atoms with E-state index in [2.05, 4.69) is 26.3 Å². The average Bonchev–Trinajstić information content (AvgIpc) is 3.02. The number of nitrogens with one attached hydrogen (secondary N) is 2. The van der Waals surface area contributed by atoms with E-state index >= 15 is 0 Å². The smallest absolute Gasteiger partial charge is 0.272 e. The Morgan fingerprint density at radius 2 is 2.09 bits per heavy atom. The van der Waals surface area contributed by atoms with Gasteiger partial charge in [0.25, 0.3) is 5.56 Å². The molecule has 2 aliphatic rings. The van der Waals surface area contributed by atoms with Crippen LogP contribution in [-0.2, 0) is 11.8 Å². The summed E-state index contributed by atoms with van der Waals surface area (Å²) in [7, 11) is 1.63. The van der Waals surface area contributed by atoms with Crippen LogP contribution in [0.25, 0.3) is 0 Å². The standard InChI is InChI=1S/C16H13BrFN3O2/c1-21-16(23)14-12(7-2-3-9(18)8(17)6-7)13-10(4-5-11(13)22)19-15(14)20-21/h2-3,6,12,19-20H,4-5H2,1H3. The van der Waals surface area contributed by atoms with Gasteiger partial charge >= 0.3 is 0 Å². The Morgan fingerprint density at radius 3 is 2.83 bits per heavy atom. The van der Waals surface area contributed by atoms with E-state index in [1.165, 1.54) is 10.7 Å². The van der Waals surface area contributed by atoms with Crippen molar-refractivity contribution < 1.29 is 9.18 Å². The van der Waals surface area contributed by atoms with Gasteiger partial charge in [0, 0.05) is 30.7 Å². The van der Waals surface area contributed by atoms with Crippen LogP contribution in [0, 0.1) is 5.82 Å². The zero-order valence-electron chi connectivity index (χ0n) is 12.2. The molecule has 7 heteroatoms. The van der Waals surface area contributed by atoms with Crippen molar-refractivity contribution in [2.45, 2.75) is 18.8 Å². The van der Waals surface area contributed by atoms with Crippen molar-refractivity contribution in [3.8, 4) is 0 Å². The van der Waals surface area contributed by atoms with Crippen LogP contribution in [0.1, 0.15) is 29.9 Å². The van der Waals surface area contributed by atoms with Gasteiger partial charge < -0.3 is 5.32 Å². The summed E-state index contributed by atoms with van der Waals surface area (Å²) in [6.07, 6.45) is 1.06. The fourth-order valence-corrected chi connectivity index (χ4v) is 3.79. The number of rotatable bonds is 1. The number of aromatic nitrogens is 2. The molecule has 1 aliphatic carbocycles. The number of anilines is 1. The normalized spacial score (nSPS) is 19.6. The summed E-state index contributed by atoms with van der Waals surface area (Å²) in [6.45, 7) is 0. The number of nitrogens with zero attached hydrogens (tertiary/aromatic N) is 1. The van der Waals surface area contributed by atoms with E-state index in [0.717, 1.165) is 11.3 Å². The number of halogens is 2. The number of benzene rings is 1. The summed E-state index contributed by atoms with van der Waals surface area (Å²) in [4.78, 5) is 24.9. The summed E-state index contributed by atoms with van der Waals surface area (Å²) in [5.41, 5.74) is 2.49. The van der Waals surface area contributed by atoms with Crippen LogP contribution in [0.3, 0.4) is 0 Å². The van der Waals surface area contributed by atoms with Crippen molar-refractivity contribution in [1.82, 2.24) is 9.78 Å². The Morgan fingerprint density at radius 1 is 1.30 bits per heavy atom. The third-order valence-corrected chi connectivity index (χ3v) is 5.05. The first-order valence-corrected chi connectivity index (χ1v) is 8.03. The van der Waals surface area contributed by atoms with E-state index in [4.69, 9.17) is 0 Å². The predicted molar refractivity (Wildman–Crippen MR) is 86.9 cm³/mol. The van der Waals surface area contributed by atoms with Gasteiger partial charge in [0.2, 0.25) is 0 Å². The van der Waals surface area contributed by atoms with Crippen LogP contribution < -0.4 is 10.9 Å². The maximum Gasteiger partial charge on any atom is 0.272 e. The zero-order chi connectivity index (χ0) is 16.3. The van der Waals surface area contributed by atoms with Crippen LogP contribution in [0.5, 0.6) is 0 Å². The molecule has 0 spiro atoms. The lowest BCUT2D eigenvalue weighted by Crippen LogP contribution is -2.24. The van der Waals surface area contributed by atoms with Crippen molar-refractivity contribution in [3.63, 3.8) is 0 Å². The number of carbonyl (C=O) groups excluding carboxylic acids is 1. The molecule has 4 rings (SSSR count). The maximum atomic E-state index is 13.6. The van der Waals surface area contributed by atoms with Gasteiger partial charge in [0.05, 0.1) is 10.0 Å². The predicted octanol–water partition coefficient (Wildman–Crippen LogP) is 2.79. The Balaban J connectivity index is 1.99. The fourth-order valence-electron chi connectivity index (χ4n) is 3.39. The SMILES string of the molecule is Cn1[nH]c2c(c1=O)C(c1ccc(F)c(Br)c1)C1=C(CCC1=O)N2. The number of allylic oxidation sites excluding steroid dienone is 2. The minimum absolute atomic E-state index is 0.0341. The fraction of sp³-hybridized carbons (Fsp3) is 0.250. The van der Waals surface area contributed by atoms with Gasteiger partial charge in [0.15, 0.2) is 5.78 Å². The number of hydrogen-bond donors (Lipinski definition) is 2. The number of carbonyl (C=O) groups is 1. The van der Waals surface area contributed by atoms with Crippen LogP contribution in [-0.4, -0.2) is 15.6 Å². The van der Waals surface area contributed by atoms with E-state index in [1.54, 1.807) is 19.2 Å². The van der Waals surface area contributed by atoms with Gasteiger partial charge in [-0.3, -0.25) is 19.4 Å². The van der Waals surface area contributed by atoms with E-state index < -0.39 is 5.92 Å². The molecule has 0 bridgehead atoms. The summed E-state index contributed by atoms with van der Waals surface area (Å²) < 4.78 is 15.3. The first-order chi connectivity index (χ1) is 11.0. The second-order valence-corrected chi connectivity index (χ2v) is 6.67. The molecule has 2 aromatic rings. The van der Waals surface area contributed by atoms with Crippen molar-refractivity contribution in [3.05, 3.63) is 61.2 Å². The topological polar surface area (TPSA) is 66.9 Å². The van der Waals surface area contributed by atoms with Crippen LogP contribution >= 0.6 is 15.9 Å².